The van der Waals surface area contributed by atoms with E-state index in [1.807, 2.05) is 6.07 Å². The summed E-state index contributed by atoms with van der Waals surface area (Å²) in [5, 5.41) is 2.69. The normalized spacial score (nSPS) is 15.7. The molecule has 1 unspecified atom stereocenters. The molecule has 4 rings (SSSR count). The monoisotopic (exact) mass is 409 g/mol. The van der Waals surface area contributed by atoms with Crippen LogP contribution in [0.25, 0.3) is 0 Å². The van der Waals surface area contributed by atoms with E-state index in [0.29, 0.717) is 23.4 Å². The Morgan fingerprint density at radius 1 is 1.14 bits per heavy atom. The van der Waals surface area contributed by atoms with E-state index in [1.54, 1.807) is 48.9 Å². The Morgan fingerprint density at radius 2 is 1.90 bits per heavy atom. The van der Waals surface area contributed by atoms with E-state index in [4.69, 9.17) is 0 Å². The van der Waals surface area contributed by atoms with Crippen LogP contribution < -0.4 is 10.9 Å². The number of rotatable bonds is 4. The summed E-state index contributed by atoms with van der Waals surface area (Å²) in [6.45, 7) is 0. The number of carbonyl (C=O) groups is 1. The van der Waals surface area contributed by atoms with Gasteiger partial charge in [-0.1, -0.05) is 12.1 Å². The molecule has 1 atom stereocenters. The smallest absolute Gasteiger partial charge is 0.263 e. The molecule has 0 saturated carbocycles. The van der Waals surface area contributed by atoms with Gasteiger partial charge in [0.25, 0.3) is 11.5 Å². The van der Waals surface area contributed by atoms with Gasteiger partial charge >= 0.3 is 0 Å². The molecule has 8 heteroatoms. The van der Waals surface area contributed by atoms with Gasteiger partial charge in [0.15, 0.2) is 9.84 Å². The molecule has 1 amide bonds. The Hall–Kier alpha value is -3.26. The van der Waals surface area contributed by atoms with Gasteiger partial charge in [0.05, 0.1) is 10.9 Å². The molecular formula is C21H19N3O4S. The van der Waals surface area contributed by atoms with E-state index in [2.05, 4.69) is 10.3 Å². The molecule has 29 heavy (non-hydrogen) atoms. The van der Waals surface area contributed by atoms with Crippen molar-refractivity contribution in [1.29, 1.82) is 0 Å². The minimum absolute atomic E-state index is 0.0250. The van der Waals surface area contributed by atoms with Crippen molar-refractivity contribution in [2.45, 2.75) is 23.8 Å². The Labute approximate surface area is 168 Å². The number of anilines is 1. The van der Waals surface area contributed by atoms with Crippen molar-refractivity contribution in [2.24, 2.45) is 0 Å². The number of carbonyl (C=O) groups excluding carboxylic acids is 1. The van der Waals surface area contributed by atoms with Crippen LogP contribution in [0.3, 0.4) is 0 Å². The summed E-state index contributed by atoms with van der Waals surface area (Å²) in [7, 11) is -3.36. The lowest BCUT2D eigenvalue weighted by Crippen LogP contribution is -2.31. The number of nitrogens with zero attached hydrogens (tertiary/aromatic N) is 2. The number of amides is 1. The Morgan fingerprint density at radius 3 is 2.62 bits per heavy atom. The first-order valence-corrected chi connectivity index (χ1v) is 11.0. The number of pyridine rings is 2. The Balaban J connectivity index is 1.72. The van der Waals surface area contributed by atoms with Gasteiger partial charge in [0.2, 0.25) is 0 Å². The van der Waals surface area contributed by atoms with Crippen LogP contribution in [-0.4, -0.2) is 30.1 Å². The highest BCUT2D eigenvalue weighted by molar-refractivity contribution is 7.90. The third kappa shape index (κ3) is 3.58. The molecule has 7 nitrogen and oxygen atoms in total. The molecule has 0 aliphatic heterocycles. The fourth-order valence-corrected chi connectivity index (χ4v) is 4.79. The summed E-state index contributed by atoms with van der Waals surface area (Å²) >= 11 is 0. The second-order valence-corrected chi connectivity index (χ2v) is 8.96. The highest BCUT2D eigenvalue weighted by Gasteiger charge is 2.29. The van der Waals surface area contributed by atoms with E-state index in [1.165, 1.54) is 16.9 Å². The summed E-state index contributed by atoms with van der Waals surface area (Å²) in [5.41, 5.74) is 1.71. The van der Waals surface area contributed by atoms with Crippen LogP contribution in [0.4, 0.5) is 5.69 Å². The largest absolute Gasteiger partial charge is 0.322 e. The Bertz CT molecular complexity index is 1250. The summed E-state index contributed by atoms with van der Waals surface area (Å²) < 4.78 is 25.7. The van der Waals surface area contributed by atoms with Gasteiger partial charge in [-0.25, -0.2) is 8.42 Å². The van der Waals surface area contributed by atoms with Gasteiger partial charge < -0.3 is 9.88 Å². The number of nitrogens with one attached hydrogen (secondary N) is 1. The van der Waals surface area contributed by atoms with Crippen LogP contribution in [0.5, 0.6) is 0 Å². The van der Waals surface area contributed by atoms with Crippen LogP contribution in [0.1, 0.15) is 33.9 Å². The molecule has 0 fully saturated rings. The fraction of sp³-hybridized carbons (Fsp3) is 0.190. The maximum atomic E-state index is 13.1. The summed E-state index contributed by atoms with van der Waals surface area (Å²) in [6, 6.07) is 11.2. The van der Waals surface area contributed by atoms with Crippen molar-refractivity contribution < 1.29 is 13.2 Å². The number of fused-ring (bicyclic) bond motifs is 1. The quantitative estimate of drug-likeness (QED) is 0.714. The van der Waals surface area contributed by atoms with Crippen molar-refractivity contribution in [3.63, 3.8) is 0 Å². The van der Waals surface area contributed by atoms with Gasteiger partial charge in [-0.05, 0) is 54.3 Å². The predicted molar refractivity (Wildman–Crippen MR) is 109 cm³/mol. The van der Waals surface area contributed by atoms with Gasteiger partial charge in [-0.15, -0.1) is 0 Å². The second kappa shape index (κ2) is 7.29. The molecule has 1 N–H and O–H groups in total. The van der Waals surface area contributed by atoms with E-state index in [-0.39, 0.29) is 11.6 Å². The maximum Gasteiger partial charge on any atom is 0.263 e. The average Bonchev–Trinajstić information content (AvgIpc) is 3.12. The van der Waals surface area contributed by atoms with Crippen molar-refractivity contribution >= 4 is 21.4 Å². The SMILES string of the molecule is CS(=O)(=O)c1cccc2c1CCC2n1cccc(C(=O)Nc2ccncc2)c1=O. The lowest BCUT2D eigenvalue weighted by Gasteiger charge is -2.17. The zero-order valence-electron chi connectivity index (χ0n) is 15.7. The van der Waals surface area contributed by atoms with Crippen molar-refractivity contribution in [3.8, 4) is 0 Å². The van der Waals surface area contributed by atoms with Gasteiger partial charge in [0.1, 0.15) is 5.56 Å². The highest BCUT2D eigenvalue weighted by Crippen LogP contribution is 2.37. The third-order valence-electron chi connectivity index (χ3n) is 5.09. The molecule has 2 heterocycles. The minimum atomic E-state index is -3.36. The van der Waals surface area contributed by atoms with Crippen LogP contribution in [0, 0.1) is 0 Å². The first-order valence-electron chi connectivity index (χ1n) is 9.10. The summed E-state index contributed by atoms with van der Waals surface area (Å²) in [5.74, 6) is -0.501. The second-order valence-electron chi connectivity index (χ2n) is 6.97. The number of benzene rings is 1. The molecule has 0 radical (unpaired) electrons. The minimum Gasteiger partial charge on any atom is -0.322 e. The third-order valence-corrected chi connectivity index (χ3v) is 6.27. The molecule has 1 aliphatic carbocycles. The molecule has 0 bridgehead atoms. The molecule has 3 aromatic rings. The lowest BCUT2D eigenvalue weighted by atomic mass is 10.1. The average molecular weight is 409 g/mol. The highest BCUT2D eigenvalue weighted by atomic mass is 32.2. The lowest BCUT2D eigenvalue weighted by molar-refractivity contribution is 0.102. The van der Waals surface area contributed by atoms with E-state index < -0.39 is 21.3 Å². The van der Waals surface area contributed by atoms with Crippen LogP contribution in [0.2, 0.25) is 0 Å². The van der Waals surface area contributed by atoms with Crippen LogP contribution >= 0.6 is 0 Å². The number of sulfone groups is 1. The van der Waals surface area contributed by atoms with Crippen LogP contribution in [0.15, 0.2) is 70.7 Å². The van der Waals surface area contributed by atoms with Crippen molar-refractivity contribution in [1.82, 2.24) is 9.55 Å². The Kier molecular flexibility index (Phi) is 4.79. The van der Waals surface area contributed by atoms with Gasteiger partial charge in [0, 0.05) is 30.5 Å². The zero-order chi connectivity index (χ0) is 20.6. The summed E-state index contributed by atoms with van der Waals surface area (Å²) in [4.78, 5) is 29.9. The number of aromatic nitrogens is 2. The topological polar surface area (TPSA) is 98.1 Å². The van der Waals surface area contributed by atoms with E-state index >= 15 is 0 Å². The van der Waals surface area contributed by atoms with Crippen molar-refractivity contribution in [3.05, 3.63) is 88.1 Å². The molecule has 1 aromatic carbocycles. The first kappa shape index (κ1) is 19.1. The van der Waals surface area contributed by atoms with E-state index in [0.717, 1.165) is 11.1 Å². The molecule has 0 spiro atoms. The number of hydrogen-bond donors (Lipinski definition) is 1. The molecular weight excluding hydrogens is 390 g/mol. The summed E-state index contributed by atoms with van der Waals surface area (Å²) in [6.07, 6.45) is 7.08. The maximum absolute atomic E-state index is 13.1. The van der Waals surface area contributed by atoms with E-state index in [9.17, 15) is 18.0 Å². The molecule has 148 valence electrons. The van der Waals surface area contributed by atoms with Gasteiger partial charge in [-0.3, -0.25) is 14.6 Å². The van der Waals surface area contributed by atoms with Gasteiger partial charge in [-0.2, -0.15) is 0 Å². The first-order chi connectivity index (χ1) is 13.9. The fourth-order valence-electron chi connectivity index (χ4n) is 3.80. The van der Waals surface area contributed by atoms with Crippen molar-refractivity contribution in [2.75, 3.05) is 11.6 Å². The predicted octanol–water partition coefficient (Wildman–Crippen LogP) is 2.43. The molecule has 2 aromatic heterocycles. The zero-order valence-corrected chi connectivity index (χ0v) is 16.5. The molecule has 1 aliphatic rings. The van der Waals surface area contributed by atoms with Crippen LogP contribution in [-0.2, 0) is 16.3 Å². The number of hydrogen-bond acceptors (Lipinski definition) is 5. The molecule has 0 saturated heterocycles. The standard InChI is InChI=1S/C21H19N3O4S/c1-29(27,28)19-6-2-4-15-16(19)7-8-18(15)24-13-3-5-17(21(24)26)20(25)23-14-9-11-22-12-10-14/h2-6,9-13,18H,7-8H2,1H3,(H,22,23,25).